The number of hydrogen-bond donors (Lipinski definition) is 2. The van der Waals surface area contributed by atoms with Gasteiger partial charge in [0, 0.05) is 44.0 Å². The molecular formula is C41H57F3O11SSi2. The number of esters is 2. The normalized spacial score (nSPS) is 14.6. The smallest absolute Gasteiger partial charge is 0.493 e. The molecule has 2 N–H and O–H groups in total. The molecule has 0 saturated heterocycles. The van der Waals surface area contributed by atoms with Gasteiger partial charge < -0.3 is 33.3 Å². The predicted octanol–water partition coefficient (Wildman–Crippen LogP) is 8.60. The lowest BCUT2D eigenvalue weighted by atomic mass is 9.90. The van der Waals surface area contributed by atoms with Crippen molar-refractivity contribution in [3.63, 3.8) is 0 Å². The van der Waals surface area contributed by atoms with E-state index in [-0.39, 0.29) is 73.4 Å². The van der Waals surface area contributed by atoms with Gasteiger partial charge in [0.05, 0.1) is 26.4 Å². The number of cyclic esters (lactones) is 2. The molecule has 17 heteroatoms. The van der Waals surface area contributed by atoms with Crippen LogP contribution < -0.4 is 13.7 Å². The van der Waals surface area contributed by atoms with Crippen molar-refractivity contribution in [1.82, 2.24) is 0 Å². The highest BCUT2D eigenvalue weighted by molar-refractivity contribution is 7.88. The SMILES string of the molecule is C/C(=C\Cc1c(OS(=O)(=O)C(F)(F)F)c(C)c2c(c1OCC[Si](C)(C)C)C(=O)OC2)CO.C=Cc1c(C)c2c(c(OCC[Si](C)(C)C)c1C/C=C(\C)CO)C(=O)OC2. The molecule has 2 heterocycles. The largest absolute Gasteiger partial charge is 0.534 e. The molecule has 0 unspecified atom stereocenters. The molecule has 0 aliphatic carbocycles. The first kappa shape index (κ1) is 48.5. The summed E-state index contributed by atoms with van der Waals surface area (Å²) < 4.78 is 89.8. The number of rotatable bonds is 17. The number of alkyl halides is 3. The Morgan fingerprint density at radius 1 is 0.759 bits per heavy atom. The summed E-state index contributed by atoms with van der Waals surface area (Å²) in [6.07, 6.45) is 5.75. The fourth-order valence-corrected chi connectivity index (χ4v) is 7.96. The molecular weight excluding hydrogens is 814 g/mol. The molecule has 322 valence electrons. The van der Waals surface area contributed by atoms with Crippen LogP contribution in [0.2, 0.25) is 51.4 Å². The van der Waals surface area contributed by atoms with Gasteiger partial charge in [-0.15, -0.1) is 0 Å². The monoisotopic (exact) mass is 870 g/mol. The van der Waals surface area contributed by atoms with Gasteiger partial charge in [0.25, 0.3) is 0 Å². The topological polar surface area (TPSA) is 155 Å². The van der Waals surface area contributed by atoms with Crippen molar-refractivity contribution in [2.75, 3.05) is 26.4 Å². The van der Waals surface area contributed by atoms with E-state index < -0.39 is 43.5 Å². The summed E-state index contributed by atoms with van der Waals surface area (Å²) in [6, 6.07) is 1.70. The minimum atomic E-state index is -5.98. The number of carbonyl (C=O) groups excluding carboxylic acids is 2. The van der Waals surface area contributed by atoms with Crippen molar-refractivity contribution >= 4 is 44.3 Å². The van der Waals surface area contributed by atoms with Crippen molar-refractivity contribution in [1.29, 1.82) is 0 Å². The minimum absolute atomic E-state index is 0.0151. The van der Waals surface area contributed by atoms with Crippen LogP contribution in [-0.2, 0) is 45.6 Å². The van der Waals surface area contributed by atoms with Crippen LogP contribution in [0.4, 0.5) is 13.2 Å². The molecule has 0 spiro atoms. The summed E-state index contributed by atoms with van der Waals surface area (Å²) in [5.41, 5.74) is 0.437. The zero-order chi connectivity index (χ0) is 44.0. The second-order valence-electron chi connectivity index (χ2n) is 16.8. The van der Waals surface area contributed by atoms with Crippen LogP contribution in [0.5, 0.6) is 17.2 Å². The van der Waals surface area contributed by atoms with E-state index in [1.54, 1.807) is 6.92 Å². The van der Waals surface area contributed by atoms with E-state index in [1.807, 2.05) is 26.0 Å². The number of benzene rings is 2. The van der Waals surface area contributed by atoms with Gasteiger partial charge in [-0.1, -0.05) is 75.2 Å². The number of halogens is 3. The Bertz CT molecular complexity index is 2060. The number of fused-ring (bicyclic) bond motifs is 2. The standard InChI is InChI=1S/C21H30O4Si.C20H27F3O7SSi/c1-7-16-15(3)18-13-25-21(23)19(18)20(24-10-11-26(4,5)6)17(16)9-8-14(2)12-22;1-12(10-24)6-7-14-17(30-31(26,27)20(21,22)23)13(2)15-11-29-19(25)16(15)18(14)28-8-9-32(3,4)5/h7-8,22H,1,9-13H2,2-6H3;6,24H,7-11H2,1-5H3/b14-8+;12-6+. The second kappa shape index (κ2) is 19.4. The van der Waals surface area contributed by atoms with Crippen LogP contribution >= 0.6 is 0 Å². The zero-order valence-corrected chi connectivity index (χ0v) is 37.9. The molecule has 0 saturated carbocycles. The number of ether oxygens (including phenoxy) is 4. The summed E-state index contributed by atoms with van der Waals surface area (Å²) in [7, 11) is -8.79. The van der Waals surface area contributed by atoms with Crippen molar-refractivity contribution < 1.29 is 64.5 Å². The minimum Gasteiger partial charge on any atom is -0.493 e. The van der Waals surface area contributed by atoms with Crippen molar-refractivity contribution in [3.8, 4) is 17.2 Å². The lowest BCUT2D eigenvalue weighted by Gasteiger charge is -2.22. The number of allylic oxidation sites excluding steroid dienone is 2. The molecule has 0 aromatic heterocycles. The van der Waals surface area contributed by atoms with E-state index in [0.29, 0.717) is 36.0 Å². The third-order valence-corrected chi connectivity index (χ3v) is 14.0. The van der Waals surface area contributed by atoms with Crippen LogP contribution in [0.3, 0.4) is 0 Å². The van der Waals surface area contributed by atoms with Crippen LogP contribution in [0.25, 0.3) is 6.08 Å². The Kier molecular flexibility index (Phi) is 16.2. The van der Waals surface area contributed by atoms with Gasteiger partial charge in [-0.3, -0.25) is 0 Å². The van der Waals surface area contributed by atoms with Crippen LogP contribution in [0, 0.1) is 13.8 Å². The van der Waals surface area contributed by atoms with Crippen LogP contribution in [0.1, 0.15) is 73.5 Å². The van der Waals surface area contributed by atoms with E-state index in [0.717, 1.165) is 33.9 Å². The van der Waals surface area contributed by atoms with Crippen molar-refractivity contribution in [3.05, 3.63) is 79.9 Å². The Hall–Kier alpha value is -3.91. The molecule has 2 aliphatic rings. The van der Waals surface area contributed by atoms with Crippen molar-refractivity contribution in [2.45, 2.75) is 111 Å². The maximum atomic E-state index is 13.1. The van der Waals surface area contributed by atoms with Gasteiger partial charge in [0.2, 0.25) is 0 Å². The highest BCUT2D eigenvalue weighted by Gasteiger charge is 2.49. The van der Waals surface area contributed by atoms with Crippen molar-refractivity contribution in [2.24, 2.45) is 0 Å². The van der Waals surface area contributed by atoms with E-state index in [9.17, 15) is 41.4 Å². The Balaban J connectivity index is 0.000000317. The van der Waals surface area contributed by atoms with Gasteiger partial charge >= 0.3 is 27.6 Å². The fourth-order valence-electron chi connectivity index (χ4n) is 5.99. The molecule has 0 atom stereocenters. The Labute approximate surface area is 342 Å². The molecule has 4 rings (SSSR count). The Morgan fingerprint density at radius 3 is 1.57 bits per heavy atom. The van der Waals surface area contributed by atoms with E-state index in [4.69, 9.17) is 18.9 Å². The summed E-state index contributed by atoms with van der Waals surface area (Å²) >= 11 is 0. The first-order chi connectivity index (χ1) is 26.8. The highest BCUT2D eigenvalue weighted by Crippen LogP contribution is 2.45. The second-order valence-corrected chi connectivity index (χ2v) is 29.6. The lowest BCUT2D eigenvalue weighted by Crippen LogP contribution is -2.29. The molecule has 2 aromatic rings. The third kappa shape index (κ3) is 12.1. The van der Waals surface area contributed by atoms with Crippen LogP contribution in [-0.4, -0.2) is 78.7 Å². The third-order valence-electron chi connectivity index (χ3n) is 9.64. The molecule has 0 radical (unpaired) electrons. The number of carbonyl (C=O) groups is 2. The predicted molar refractivity (Wildman–Crippen MR) is 223 cm³/mol. The Morgan fingerprint density at radius 2 is 1.17 bits per heavy atom. The highest BCUT2D eigenvalue weighted by atomic mass is 32.2. The van der Waals surface area contributed by atoms with E-state index in [2.05, 4.69) is 50.0 Å². The van der Waals surface area contributed by atoms with Gasteiger partial charge in [0.1, 0.15) is 35.8 Å². The van der Waals surface area contributed by atoms with Crippen LogP contribution in [0.15, 0.2) is 29.9 Å². The molecule has 58 heavy (non-hydrogen) atoms. The fraction of sp³-hybridized carbons (Fsp3) is 0.512. The van der Waals surface area contributed by atoms with E-state index >= 15 is 0 Å². The summed E-state index contributed by atoms with van der Waals surface area (Å²) in [4.78, 5) is 24.8. The quantitative estimate of drug-likeness (QED) is 0.0517. The number of hydrogen-bond acceptors (Lipinski definition) is 11. The molecule has 0 bridgehead atoms. The molecule has 0 fully saturated rings. The lowest BCUT2D eigenvalue weighted by molar-refractivity contribution is -0.0500. The molecule has 2 aliphatic heterocycles. The van der Waals surface area contributed by atoms with Gasteiger partial charge in [-0.05, 0) is 63.8 Å². The summed E-state index contributed by atoms with van der Waals surface area (Å²) in [5.74, 6) is -1.00. The van der Waals surface area contributed by atoms with Gasteiger partial charge in [0.15, 0.2) is 5.75 Å². The maximum absolute atomic E-state index is 13.1. The summed E-state index contributed by atoms with van der Waals surface area (Å²) in [6.45, 7) is 24.5. The number of aliphatic hydroxyl groups excluding tert-OH is 2. The van der Waals surface area contributed by atoms with E-state index in [1.165, 1.54) is 13.0 Å². The average Bonchev–Trinajstić information content (AvgIpc) is 3.70. The average molecular weight is 871 g/mol. The number of aliphatic hydroxyl groups is 2. The maximum Gasteiger partial charge on any atom is 0.534 e. The zero-order valence-electron chi connectivity index (χ0n) is 35.1. The first-order valence-electron chi connectivity index (χ1n) is 18.9. The van der Waals surface area contributed by atoms with Gasteiger partial charge in [-0.2, -0.15) is 21.6 Å². The molecule has 11 nitrogen and oxygen atoms in total. The first-order valence-corrected chi connectivity index (χ1v) is 27.7. The summed E-state index contributed by atoms with van der Waals surface area (Å²) in [5, 5.41) is 18.6. The molecule has 2 aromatic carbocycles. The van der Waals surface area contributed by atoms with Gasteiger partial charge in [-0.25, -0.2) is 9.59 Å². The molecule has 0 amide bonds.